The van der Waals surface area contributed by atoms with E-state index >= 15 is 0 Å². The van der Waals surface area contributed by atoms with Gasteiger partial charge in [0.25, 0.3) is 11.8 Å². The molecule has 30 heavy (non-hydrogen) atoms. The smallest absolute Gasteiger partial charge is 0.252 e. The second-order valence-corrected chi connectivity index (χ2v) is 8.21. The summed E-state index contributed by atoms with van der Waals surface area (Å²) >= 11 is 0. The quantitative estimate of drug-likeness (QED) is 0.396. The molecule has 1 heterocycles. The van der Waals surface area contributed by atoms with Crippen LogP contribution in [0.2, 0.25) is 0 Å². The molecule has 166 valence electrons. The van der Waals surface area contributed by atoms with Crippen LogP contribution in [0.5, 0.6) is 5.75 Å². The van der Waals surface area contributed by atoms with E-state index in [2.05, 4.69) is 10.6 Å². The van der Waals surface area contributed by atoms with Crippen molar-refractivity contribution in [2.75, 3.05) is 19.0 Å². The van der Waals surface area contributed by atoms with E-state index in [4.69, 9.17) is 9.47 Å². The molecule has 1 unspecified atom stereocenters. The molecular formula is C21H30N2O7. The Morgan fingerprint density at radius 1 is 1.27 bits per heavy atom. The van der Waals surface area contributed by atoms with Gasteiger partial charge in [-0.15, -0.1) is 0 Å². The van der Waals surface area contributed by atoms with E-state index in [-0.39, 0.29) is 12.0 Å². The first-order chi connectivity index (χ1) is 14.0. The number of allylic oxidation sites excluding steroid dienone is 1. The summed E-state index contributed by atoms with van der Waals surface area (Å²) in [5.41, 5.74) is 0.237. The molecule has 9 heteroatoms. The molecule has 0 saturated heterocycles. The lowest BCUT2D eigenvalue weighted by Crippen LogP contribution is -2.56. The zero-order valence-corrected chi connectivity index (χ0v) is 17.5. The lowest BCUT2D eigenvalue weighted by Gasteiger charge is -2.28. The second kappa shape index (κ2) is 10.0. The standard InChI is InChI=1S/C21H30N2O7/c1-21(2,3)10-9-14(24)16(25)17(26)18(29-4)20(28)23-13-11-30-15-8-6-5-7-12(15)22-19(13)27/h5-10,13-14,16-18,24-26H,11H2,1-4H3,(H,22,27)(H,23,28)/t13?,14-,16+,17-,18-/m1/s1. The number of carbonyl (C=O) groups is 2. The first-order valence-corrected chi connectivity index (χ1v) is 9.63. The Hall–Kier alpha value is -2.46. The van der Waals surface area contributed by atoms with Gasteiger partial charge in [0, 0.05) is 7.11 Å². The molecule has 0 bridgehead atoms. The van der Waals surface area contributed by atoms with Gasteiger partial charge in [0.15, 0.2) is 6.10 Å². The van der Waals surface area contributed by atoms with Gasteiger partial charge in [-0.25, -0.2) is 0 Å². The zero-order chi connectivity index (χ0) is 22.5. The molecule has 1 aliphatic rings. The highest BCUT2D eigenvalue weighted by atomic mass is 16.5. The monoisotopic (exact) mass is 422 g/mol. The van der Waals surface area contributed by atoms with Crippen molar-refractivity contribution < 1.29 is 34.4 Å². The Labute approximate surface area is 175 Å². The van der Waals surface area contributed by atoms with Crippen LogP contribution in [0.4, 0.5) is 5.69 Å². The minimum absolute atomic E-state index is 0.124. The summed E-state index contributed by atoms with van der Waals surface area (Å²) in [4.78, 5) is 25.0. The summed E-state index contributed by atoms with van der Waals surface area (Å²) in [6, 6.07) is 5.80. The maximum atomic E-state index is 12.6. The molecule has 0 saturated carbocycles. The predicted octanol–water partition coefficient (Wildman–Crippen LogP) is 0.202. The van der Waals surface area contributed by atoms with Crippen molar-refractivity contribution in [2.45, 2.75) is 51.2 Å². The number of aliphatic hydroxyl groups excluding tert-OH is 3. The number of methoxy groups -OCH3 is 1. The van der Waals surface area contributed by atoms with Crippen molar-refractivity contribution in [2.24, 2.45) is 5.41 Å². The van der Waals surface area contributed by atoms with Crippen LogP contribution < -0.4 is 15.4 Å². The van der Waals surface area contributed by atoms with Crippen LogP contribution in [0.15, 0.2) is 36.4 Å². The van der Waals surface area contributed by atoms with Gasteiger partial charge >= 0.3 is 0 Å². The van der Waals surface area contributed by atoms with Gasteiger partial charge < -0.3 is 35.4 Å². The van der Waals surface area contributed by atoms with E-state index in [9.17, 15) is 24.9 Å². The molecule has 1 aliphatic heterocycles. The number of benzene rings is 1. The van der Waals surface area contributed by atoms with Crippen LogP contribution >= 0.6 is 0 Å². The predicted molar refractivity (Wildman–Crippen MR) is 110 cm³/mol. The first-order valence-electron chi connectivity index (χ1n) is 9.63. The molecule has 5 N–H and O–H groups in total. The molecule has 1 aromatic carbocycles. The first kappa shape index (κ1) is 23.8. The number of anilines is 1. The average Bonchev–Trinajstić information content (AvgIpc) is 2.84. The summed E-state index contributed by atoms with van der Waals surface area (Å²) in [5, 5.41) is 35.8. The Bertz CT molecular complexity index is 775. The normalized spacial score (nSPS) is 20.9. The van der Waals surface area contributed by atoms with Crippen LogP contribution in [0.3, 0.4) is 0 Å². The fourth-order valence-electron chi connectivity index (χ4n) is 2.81. The second-order valence-electron chi connectivity index (χ2n) is 8.21. The molecule has 0 fully saturated rings. The van der Waals surface area contributed by atoms with Gasteiger partial charge in [-0.1, -0.05) is 45.1 Å². The van der Waals surface area contributed by atoms with E-state index in [0.29, 0.717) is 11.4 Å². The molecule has 2 amide bonds. The number of fused-ring (bicyclic) bond motifs is 1. The lowest BCUT2D eigenvalue weighted by molar-refractivity contribution is -0.150. The average molecular weight is 422 g/mol. The van der Waals surface area contributed by atoms with Crippen molar-refractivity contribution in [1.82, 2.24) is 5.32 Å². The van der Waals surface area contributed by atoms with Crippen LogP contribution in [-0.4, -0.2) is 71.3 Å². The molecule has 1 aromatic rings. The molecule has 5 atom stereocenters. The highest BCUT2D eigenvalue weighted by Crippen LogP contribution is 2.26. The lowest BCUT2D eigenvalue weighted by atomic mass is 9.94. The van der Waals surface area contributed by atoms with E-state index in [1.54, 1.807) is 30.3 Å². The largest absolute Gasteiger partial charge is 0.489 e. The Balaban J connectivity index is 2.03. The number of nitrogens with one attached hydrogen (secondary N) is 2. The van der Waals surface area contributed by atoms with Crippen LogP contribution in [-0.2, 0) is 14.3 Å². The molecule has 0 aromatic heterocycles. The Morgan fingerprint density at radius 3 is 2.57 bits per heavy atom. The third-order valence-corrected chi connectivity index (χ3v) is 4.50. The van der Waals surface area contributed by atoms with Crippen molar-refractivity contribution >= 4 is 17.5 Å². The number of carbonyl (C=O) groups excluding carboxylic acids is 2. The number of hydrogen-bond acceptors (Lipinski definition) is 7. The third kappa shape index (κ3) is 6.27. The highest BCUT2D eigenvalue weighted by Gasteiger charge is 2.37. The van der Waals surface area contributed by atoms with E-state index in [0.717, 1.165) is 0 Å². The van der Waals surface area contributed by atoms with Crippen LogP contribution in [0.25, 0.3) is 0 Å². The Kier molecular flexibility index (Phi) is 7.96. The highest BCUT2D eigenvalue weighted by molar-refractivity contribution is 5.99. The molecule has 0 radical (unpaired) electrons. The van der Waals surface area contributed by atoms with Crippen LogP contribution in [0, 0.1) is 5.41 Å². The maximum Gasteiger partial charge on any atom is 0.252 e. The summed E-state index contributed by atoms with van der Waals surface area (Å²) in [6.07, 6.45) is -3.31. The van der Waals surface area contributed by atoms with E-state index in [1.807, 2.05) is 20.8 Å². The van der Waals surface area contributed by atoms with Gasteiger partial charge in [0.1, 0.15) is 36.7 Å². The summed E-state index contributed by atoms with van der Waals surface area (Å²) < 4.78 is 10.6. The van der Waals surface area contributed by atoms with Gasteiger partial charge in [0.05, 0.1) is 5.69 Å². The number of aliphatic hydroxyl groups is 3. The summed E-state index contributed by atoms with van der Waals surface area (Å²) in [6.45, 7) is 5.59. The maximum absolute atomic E-state index is 12.6. The van der Waals surface area contributed by atoms with Gasteiger partial charge in [-0.05, 0) is 17.5 Å². The van der Waals surface area contributed by atoms with E-state index in [1.165, 1.54) is 13.2 Å². The number of amides is 2. The van der Waals surface area contributed by atoms with Crippen molar-refractivity contribution in [3.8, 4) is 5.75 Å². The third-order valence-electron chi connectivity index (χ3n) is 4.50. The fourth-order valence-corrected chi connectivity index (χ4v) is 2.81. The molecule has 2 rings (SSSR count). The van der Waals surface area contributed by atoms with Crippen molar-refractivity contribution in [3.05, 3.63) is 36.4 Å². The van der Waals surface area contributed by atoms with Crippen molar-refractivity contribution in [1.29, 1.82) is 0 Å². The number of ether oxygens (including phenoxy) is 2. The number of para-hydroxylation sites is 2. The number of hydrogen-bond donors (Lipinski definition) is 5. The van der Waals surface area contributed by atoms with Gasteiger partial charge in [0.2, 0.25) is 0 Å². The molecule has 0 aliphatic carbocycles. The summed E-state index contributed by atoms with van der Waals surface area (Å²) in [7, 11) is 1.18. The van der Waals surface area contributed by atoms with Crippen molar-refractivity contribution in [3.63, 3.8) is 0 Å². The minimum atomic E-state index is -1.73. The van der Waals surface area contributed by atoms with Crippen LogP contribution in [0.1, 0.15) is 20.8 Å². The SMILES string of the molecule is CO[C@@H](C(=O)NC1COc2ccccc2NC1=O)[C@H](O)[C@@H](O)[C@H](O)C=CC(C)(C)C. The molecule has 0 spiro atoms. The minimum Gasteiger partial charge on any atom is -0.489 e. The topological polar surface area (TPSA) is 137 Å². The Morgan fingerprint density at radius 2 is 1.93 bits per heavy atom. The summed E-state index contributed by atoms with van der Waals surface area (Å²) in [5.74, 6) is -0.854. The van der Waals surface area contributed by atoms with E-state index < -0.39 is 42.3 Å². The zero-order valence-electron chi connectivity index (χ0n) is 17.5. The van der Waals surface area contributed by atoms with Gasteiger partial charge in [-0.2, -0.15) is 0 Å². The van der Waals surface area contributed by atoms with Gasteiger partial charge in [-0.3, -0.25) is 9.59 Å². The molecule has 9 nitrogen and oxygen atoms in total. The molecular weight excluding hydrogens is 392 g/mol. The fraction of sp³-hybridized carbons (Fsp3) is 0.524. The number of rotatable bonds is 7.